The first kappa shape index (κ1) is 25.0. The van der Waals surface area contributed by atoms with Crippen LogP contribution in [0.15, 0.2) is 36.5 Å². The van der Waals surface area contributed by atoms with Gasteiger partial charge in [0.15, 0.2) is 0 Å². The number of hydrogen-bond acceptors (Lipinski definition) is 5. The summed E-state index contributed by atoms with van der Waals surface area (Å²) in [7, 11) is 0. The molecule has 2 aliphatic carbocycles. The largest absolute Gasteiger partial charge is 0.381 e. The number of nitrogens with one attached hydrogen (secondary N) is 1. The lowest BCUT2D eigenvalue weighted by Gasteiger charge is -2.40. The monoisotopic (exact) mass is 488 g/mol. The van der Waals surface area contributed by atoms with Gasteiger partial charge in [0.1, 0.15) is 0 Å². The number of carbonyl (C=O) groups is 1. The quantitative estimate of drug-likeness (QED) is 0.623. The van der Waals surface area contributed by atoms with Crippen molar-refractivity contribution in [3.05, 3.63) is 53.4 Å². The Morgan fingerprint density at radius 1 is 0.972 bits per heavy atom. The second kappa shape index (κ2) is 11.1. The van der Waals surface area contributed by atoms with E-state index in [2.05, 4.69) is 34.5 Å². The number of morpholine rings is 1. The summed E-state index contributed by atoms with van der Waals surface area (Å²) in [6.07, 6.45) is 14.5. The number of anilines is 1. The molecule has 0 spiro atoms. The van der Waals surface area contributed by atoms with E-state index < -0.39 is 0 Å². The average Bonchev–Trinajstić information content (AvgIpc) is 3.62. The van der Waals surface area contributed by atoms with Crippen LogP contribution in [0.4, 0.5) is 5.69 Å². The van der Waals surface area contributed by atoms with Gasteiger partial charge in [-0.15, -0.1) is 0 Å². The Bertz CT molecular complexity index is 1080. The summed E-state index contributed by atoms with van der Waals surface area (Å²) >= 11 is 0. The van der Waals surface area contributed by atoms with Crippen LogP contribution in [-0.4, -0.2) is 72.2 Å². The lowest BCUT2D eigenvalue weighted by molar-refractivity contribution is 0.00159. The number of hydrogen-bond donors (Lipinski definition) is 1. The first-order valence-corrected chi connectivity index (χ1v) is 13.4. The Hall–Kier alpha value is -2.70. The molecule has 1 amide bonds. The Morgan fingerprint density at radius 3 is 2.42 bits per heavy atom. The third kappa shape index (κ3) is 5.07. The van der Waals surface area contributed by atoms with Crippen LogP contribution in [0.25, 0.3) is 17.2 Å². The number of nitrogens with zero attached hydrogens (tertiary/aromatic N) is 3. The maximum absolute atomic E-state index is 13.2. The van der Waals surface area contributed by atoms with E-state index in [0.29, 0.717) is 12.1 Å². The minimum atomic E-state index is 0. The summed E-state index contributed by atoms with van der Waals surface area (Å²) < 4.78 is 5.49. The van der Waals surface area contributed by atoms with Crippen molar-refractivity contribution in [3.8, 4) is 11.1 Å². The fourth-order valence-corrected chi connectivity index (χ4v) is 6.20. The Labute approximate surface area is 215 Å². The normalized spacial score (nSPS) is 20.8. The van der Waals surface area contributed by atoms with Gasteiger partial charge in [0.05, 0.1) is 24.6 Å². The minimum Gasteiger partial charge on any atom is -0.381 e. The standard InChI is InChI=1S/C29H36N4O2.CH4/c34-29(33-14-12-24(13-15-33)32-16-18-35-19-17-32)22-10-8-21(9-11-22)26-20-30-27-7-3-6-25(27)28(26)31-23-4-1-2-5-23;/h3,6,8-11,20,23-24H,1-2,4-5,7,12-19H2,(H,30,31);1H4. The predicted octanol–water partition coefficient (Wildman–Crippen LogP) is 5.25. The van der Waals surface area contributed by atoms with Gasteiger partial charge in [0.2, 0.25) is 0 Å². The molecule has 1 N–H and O–H groups in total. The van der Waals surface area contributed by atoms with Crippen molar-refractivity contribution in [1.82, 2.24) is 14.8 Å². The van der Waals surface area contributed by atoms with Gasteiger partial charge in [-0.1, -0.05) is 44.6 Å². The van der Waals surface area contributed by atoms with Crippen LogP contribution < -0.4 is 5.32 Å². The molecule has 1 saturated carbocycles. The van der Waals surface area contributed by atoms with Crippen molar-refractivity contribution in [2.75, 3.05) is 44.7 Å². The number of likely N-dealkylation sites (tertiary alicyclic amines) is 1. The van der Waals surface area contributed by atoms with Crippen molar-refractivity contribution in [2.24, 2.45) is 0 Å². The van der Waals surface area contributed by atoms with E-state index in [0.717, 1.165) is 81.0 Å². The summed E-state index contributed by atoms with van der Waals surface area (Å²) in [6.45, 7) is 5.37. The topological polar surface area (TPSA) is 57.7 Å². The molecule has 192 valence electrons. The summed E-state index contributed by atoms with van der Waals surface area (Å²) in [5, 5.41) is 3.85. The molecule has 0 unspecified atom stereocenters. The third-order valence-corrected chi connectivity index (χ3v) is 8.26. The fourth-order valence-electron chi connectivity index (χ4n) is 6.20. The van der Waals surface area contributed by atoms with E-state index in [1.807, 2.05) is 23.2 Å². The van der Waals surface area contributed by atoms with Gasteiger partial charge < -0.3 is 15.0 Å². The number of fused-ring (bicyclic) bond motifs is 1. The summed E-state index contributed by atoms with van der Waals surface area (Å²) in [5.41, 5.74) is 6.62. The zero-order chi connectivity index (χ0) is 23.6. The molecule has 1 aromatic carbocycles. The van der Waals surface area contributed by atoms with Gasteiger partial charge in [-0.05, 0) is 43.4 Å². The summed E-state index contributed by atoms with van der Waals surface area (Å²) in [5.74, 6) is 0.149. The molecule has 6 nitrogen and oxygen atoms in total. The second-order valence-corrected chi connectivity index (χ2v) is 10.4. The van der Waals surface area contributed by atoms with Crippen molar-refractivity contribution in [3.63, 3.8) is 0 Å². The number of piperidine rings is 1. The predicted molar refractivity (Wildman–Crippen MR) is 146 cm³/mol. The molecule has 1 aromatic heterocycles. The van der Waals surface area contributed by atoms with Crippen molar-refractivity contribution < 1.29 is 9.53 Å². The Kier molecular flexibility index (Phi) is 7.73. The van der Waals surface area contributed by atoms with E-state index in [4.69, 9.17) is 9.72 Å². The highest BCUT2D eigenvalue weighted by atomic mass is 16.5. The number of aromatic nitrogens is 1. The molecule has 3 fully saturated rings. The van der Waals surface area contributed by atoms with Crippen LogP contribution in [-0.2, 0) is 11.2 Å². The summed E-state index contributed by atoms with van der Waals surface area (Å²) in [4.78, 5) is 22.6. The van der Waals surface area contributed by atoms with Crippen molar-refractivity contribution >= 4 is 17.7 Å². The zero-order valence-electron chi connectivity index (χ0n) is 20.5. The van der Waals surface area contributed by atoms with Gasteiger partial charge in [-0.3, -0.25) is 14.7 Å². The number of rotatable bonds is 5. The molecular formula is C30H40N4O2. The van der Waals surface area contributed by atoms with Crippen LogP contribution >= 0.6 is 0 Å². The van der Waals surface area contributed by atoms with Gasteiger partial charge in [0.25, 0.3) is 5.91 Å². The Balaban J connectivity index is 0.00000267. The Morgan fingerprint density at radius 2 is 1.69 bits per heavy atom. The molecule has 6 heteroatoms. The lowest BCUT2D eigenvalue weighted by Crippen LogP contribution is -2.50. The highest BCUT2D eigenvalue weighted by Gasteiger charge is 2.28. The number of amides is 1. The first-order valence-electron chi connectivity index (χ1n) is 13.4. The molecule has 2 saturated heterocycles. The SMILES string of the molecule is C.O=C(c1ccc(-c2cnc3c(c2NC2CCCC2)C=CC3)cc1)N1CCC(N2CCOCC2)CC1. The number of allylic oxidation sites excluding steroid dienone is 1. The number of carbonyl (C=O) groups excluding carboxylic acids is 1. The molecule has 0 atom stereocenters. The van der Waals surface area contributed by atoms with E-state index in [9.17, 15) is 4.79 Å². The van der Waals surface area contributed by atoms with Crippen LogP contribution in [0.5, 0.6) is 0 Å². The van der Waals surface area contributed by atoms with Crippen LogP contribution in [0.2, 0.25) is 0 Å². The van der Waals surface area contributed by atoms with Crippen LogP contribution in [0, 0.1) is 0 Å². The van der Waals surface area contributed by atoms with E-state index in [-0.39, 0.29) is 13.3 Å². The second-order valence-electron chi connectivity index (χ2n) is 10.4. The fraction of sp³-hybridized carbons (Fsp3) is 0.533. The molecule has 2 aliphatic heterocycles. The lowest BCUT2D eigenvalue weighted by atomic mass is 9.98. The third-order valence-electron chi connectivity index (χ3n) is 8.26. The number of benzene rings is 1. The molecule has 0 bridgehead atoms. The number of ether oxygens (including phenoxy) is 1. The van der Waals surface area contributed by atoms with Gasteiger partial charge >= 0.3 is 0 Å². The molecule has 6 rings (SSSR count). The van der Waals surface area contributed by atoms with Crippen molar-refractivity contribution in [1.29, 1.82) is 0 Å². The highest BCUT2D eigenvalue weighted by Crippen LogP contribution is 2.37. The number of pyridine rings is 1. The summed E-state index contributed by atoms with van der Waals surface area (Å²) in [6, 6.07) is 9.29. The maximum Gasteiger partial charge on any atom is 0.253 e. The van der Waals surface area contributed by atoms with E-state index >= 15 is 0 Å². The molecule has 36 heavy (non-hydrogen) atoms. The van der Waals surface area contributed by atoms with Gasteiger partial charge in [0, 0.05) is 67.6 Å². The molecule has 4 aliphatic rings. The minimum absolute atomic E-state index is 0. The van der Waals surface area contributed by atoms with Crippen molar-refractivity contribution in [2.45, 2.75) is 64.5 Å². The molecule has 0 radical (unpaired) electrons. The van der Waals surface area contributed by atoms with E-state index in [1.165, 1.54) is 36.9 Å². The van der Waals surface area contributed by atoms with Crippen LogP contribution in [0.3, 0.4) is 0 Å². The first-order chi connectivity index (χ1) is 17.3. The van der Waals surface area contributed by atoms with Gasteiger partial charge in [-0.25, -0.2) is 0 Å². The zero-order valence-corrected chi connectivity index (χ0v) is 20.5. The molecular weight excluding hydrogens is 448 g/mol. The van der Waals surface area contributed by atoms with E-state index in [1.54, 1.807) is 0 Å². The van der Waals surface area contributed by atoms with Gasteiger partial charge in [-0.2, -0.15) is 0 Å². The average molecular weight is 489 g/mol. The van der Waals surface area contributed by atoms with Crippen LogP contribution in [0.1, 0.15) is 67.6 Å². The highest BCUT2D eigenvalue weighted by molar-refractivity contribution is 5.95. The maximum atomic E-state index is 13.2. The smallest absolute Gasteiger partial charge is 0.253 e. The molecule has 3 heterocycles. The molecule has 2 aromatic rings.